The highest BCUT2D eigenvalue weighted by Gasteiger charge is 2.46. The van der Waals surface area contributed by atoms with E-state index in [2.05, 4.69) is 17.0 Å². The van der Waals surface area contributed by atoms with Gasteiger partial charge in [-0.15, -0.1) is 0 Å². The molecule has 3 heteroatoms. The minimum Gasteiger partial charge on any atom is -0.394 e. The lowest BCUT2D eigenvalue weighted by molar-refractivity contribution is -0.125. The standard InChI is InChI=1S/C17H23NO2/c1-12(20)15-9-7-14-8-10-16(15)18(14)17(11-19)13-5-3-2-4-6-13/h2-6,14-17,19H,7-11H2,1H3. The van der Waals surface area contributed by atoms with E-state index in [0.29, 0.717) is 17.9 Å². The van der Waals surface area contributed by atoms with Crippen molar-refractivity contribution in [2.75, 3.05) is 6.61 Å². The molecule has 108 valence electrons. The maximum atomic E-state index is 11.9. The maximum Gasteiger partial charge on any atom is 0.134 e. The molecule has 0 saturated carbocycles. The molecular weight excluding hydrogens is 250 g/mol. The van der Waals surface area contributed by atoms with E-state index in [9.17, 15) is 9.90 Å². The van der Waals surface area contributed by atoms with Gasteiger partial charge >= 0.3 is 0 Å². The Morgan fingerprint density at radius 2 is 1.95 bits per heavy atom. The highest BCUT2D eigenvalue weighted by atomic mass is 16.3. The average Bonchev–Trinajstić information content (AvgIpc) is 2.73. The molecule has 2 heterocycles. The molecule has 0 aliphatic carbocycles. The molecule has 20 heavy (non-hydrogen) atoms. The van der Waals surface area contributed by atoms with Gasteiger partial charge in [0.15, 0.2) is 0 Å². The first kappa shape index (κ1) is 13.8. The fourth-order valence-electron chi connectivity index (χ4n) is 4.21. The van der Waals surface area contributed by atoms with Crippen LogP contribution in [-0.4, -0.2) is 34.5 Å². The first-order valence-electron chi connectivity index (χ1n) is 7.66. The number of benzene rings is 1. The Kier molecular flexibility index (Phi) is 3.90. The Hall–Kier alpha value is -1.19. The van der Waals surface area contributed by atoms with Gasteiger partial charge in [-0.3, -0.25) is 9.69 Å². The molecule has 1 N–H and O–H groups in total. The fraction of sp³-hybridized carbons (Fsp3) is 0.588. The van der Waals surface area contributed by atoms with E-state index in [-0.39, 0.29) is 18.6 Å². The smallest absolute Gasteiger partial charge is 0.134 e. The third-order valence-corrected chi connectivity index (χ3v) is 5.11. The molecule has 2 saturated heterocycles. The number of Topliss-reactive ketones (excluding diaryl/α,β-unsaturated/α-hetero) is 1. The van der Waals surface area contributed by atoms with Crippen LogP contribution in [0.4, 0.5) is 0 Å². The van der Waals surface area contributed by atoms with Gasteiger partial charge in [-0.2, -0.15) is 0 Å². The van der Waals surface area contributed by atoms with Crippen molar-refractivity contribution < 1.29 is 9.90 Å². The molecule has 2 aliphatic heterocycles. The molecule has 0 spiro atoms. The summed E-state index contributed by atoms with van der Waals surface area (Å²) in [7, 11) is 0. The fourth-order valence-corrected chi connectivity index (χ4v) is 4.21. The number of fused-ring (bicyclic) bond motifs is 2. The molecule has 0 amide bonds. The molecule has 0 radical (unpaired) electrons. The topological polar surface area (TPSA) is 40.5 Å². The van der Waals surface area contributed by atoms with E-state index in [1.54, 1.807) is 6.92 Å². The Labute approximate surface area is 120 Å². The average molecular weight is 273 g/mol. The second kappa shape index (κ2) is 5.66. The van der Waals surface area contributed by atoms with Crippen molar-refractivity contribution >= 4 is 5.78 Å². The van der Waals surface area contributed by atoms with E-state index in [0.717, 1.165) is 31.2 Å². The van der Waals surface area contributed by atoms with Crippen molar-refractivity contribution in [3.05, 3.63) is 35.9 Å². The van der Waals surface area contributed by atoms with Gasteiger partial charge in [0.05, 0.1) is 12.6 Å². The van der Waals surface area contributed by atoms with E-state index >= 15 is 0 Å². The summed E-state index contributed by atoms with van der Waals surface area (Å²) in [5, 5.41) is 9.89. The van der Waals surface area contributed by atoms with Gasteiger partial charge in [-0.25, -0.2) is 0 Å². The van der Waals surface area contributed by atoms with Crippen molar-refractivity contribution in [2.24, 2.45) is 5.92 Å². The van der Waals surface area contributed by atoms with Crippen LogP contribution in [0.2, 0.25) is 0 Å². The zero-order chi connectivity index (χ0) is 14.1. The Balaban J connectivity index is 1.89. The third-order valence-electron chi connectivity index (χ3n) is 5.11. The van der Waals surface area contributed by atoms with Gasteiger partial charge < -0.3 is 5.11 Å². The maximum absolute atomic E-state index is 11.9. The highest BCUT2D eigenvalue weighted by Crippen LogP contribution is 2.44. The van der Waals surface area contributed by atoms with Crippen molar-refractivity contribution in [2.45, 2.75) is 50.7 Å². The summed E-state index contributed by atoms with van der Waals surface area (Å²) in [6.07, 6.45) is 4.37. The number of hydrogen-bond donors (Lipinski definition) is 1. The summed E-state index contributed by atoms with van der Waals surface area (Å²) in [6.45, 7) is 1.85. The summed E-state index contributed by atoms with van der Waals surface area (Å²) >= 11 is 0. The lowest BCUT2D eigenvalue weighted by Gasteiger charge is -2.43. The second-order valence-corrected chi connectivity index (χ2v) is 6.15. The minimum atomic E-state index is 0.0378. The van der Waals surface area contributed by atoms with Crippen molar-refractivity contribution in [3.8, 4) is 0 Å². The summed E-state index contributed by atoms with van der Waals surface area (Å²) in [6, 6.07) is 11.1. The Morgan fingerprint density at radius 1 is 1.25 bits per heavy atom. The van der Waals surface area contributed by atoms with Crippen LogP contribution in [0.3, 0.4) is 0 Å². The van der Waals surface area contributed by atoms with Crippen LogP contribution in [-0.2, 0) is 4.79 Å². The van der Waals surface area contributed by atoms with E-state index in [4.69, 9.17) is 0 Å². The summed E-state index contributed by atoms with van der Waals surface area (Å²) in [5.74, 6) is 0.469. The normalized spacial score (nSPS) is 31.2. The predicted molar refractivity (Wildman–Crippen MR) is 78.3 cm³/mol. The molecule has 4 atom stereocenters. The summed E-state index contributed by atoms with van der Waals surface area (Å²) in [5.41, 5.74) is 1.16. The highest BCUT2D eigenvalue weighted by molar-refractivity contribution is 5.79. The zero-order valence-electron chi connectivity index (χ0n) is 12.0. The van der Waals surface area contributed by atoms with Gasteiger partial charge in [0.2, 0.25) is 0 Å². The number of rotatable bonds is 4. The number of ketones is 1. The van der Waals surface area contributed by atoms with Crippen LogP contribution in [0.1, 0.15) is 44.2 Å². The largest absolute Gasteiger partial charge is 0.394 e. The number of aliphatic hydroxyl groups excluding tert-OH is 1. The monoisotopic (exact) mass is 273 g/mol. The molecule has 1 aromatic carbocycles. The lowest BCUT2D eigenvalue weighted by atomic mass is 9.85. The van der Waals surface area contributed by atoms with Crippen LogP contribution in [0.15, 0.2) is 30.3 Å². The number of nitrogens with zero attached hydrogens (tertiary/aromatic N) is 1. The first-order valence-corrected chi connectivity index (χ1v) is 7.66. The van der Waals surface area contributed by atoms with Gasteiger partial charge in [0, 0.05) is 18.0 Å². The van der Waals surface area contributed by atoms with Crippen molar-refractivity contribution in [3.63, 3.8) is 0 Å². The molecule has 2 bridgehead atoms. The van der Waals surface area contributed by atoms with E-state index < -0.39 is 0 Å². The molecule has 3 rings (SSSR count). The van der Waals surface area contributed by atoms with Gasteiger partial charge in [0.25, 0.3) is 0 Å². The Morgan fingerprint density at radius 3 is 2.60 bits per heavy atom. The molecule has 0 aromatic heterocycles. The summed E-state index contributed by atoms with van der Waals surface area (Å²) in [4.78, 5) is 14.3. The number of aliphatic hydroxyl groups is 1. The SMILES string of the molecule is CC(=O)C1CCC2CCC1N2C(CO)c1ccccc1. The van der Waals surface area contributed by atoms with Gasteiger partial charge in [0.1, 0.15) is 5.78 Å². The third kappa shape index (κ3) is 2.29. The number of carbonyl (C=O) groups is 1. The zero-order valence-corrected chi connectivity index (χ0v) is 12.0. The van der Waals surface area contributed by atoms with E-state index in [1.165, 1.54) is 0 Å². The van der Waals surface area contributed by atoms with Crippen molar-refractivity contribution in [1.82, 2.24) is 4.90 Å². The lowest BCUT2D eigenvalue weighted by Crippen LogP contribution is -2.49. The van der Waals surface area contributed by atoms with E-state index in [1.807, 2.05) is 18.2 Å². The van der Waals surface area contributed by atoms with Crippen LogP contribution in [0.5, 0.6) is 0 Å². The van der Waals surface area contributed by atoms with Crippen LogP contribution in [0.25, 0.3) is 0 Å². The molecule has 1 aromatic rings. The molecule has 2 aliphatic rings. The second-order valence-electron chi connectivity index (χ2n) is 6.15. The number of carbonyl (C=O) groups excluding carboxylic acids is 1. The molecular formula is C17H23NO2. The molecule has 3 nitrogen and oxygen atoms in total. The van der Waals surface area contributed by atoms with Crippen LogP contribution >= 0.6 is 0 Å². The quantitative estimate of drug-likeness (QED) is 0.916. The van der Waals surface area contributed by atoms with Gasteiger partial charge in [-0.05, 0) is 38.2 Å². The first-order chi connectivity index (χ1) is 9.72. The van der Waals surface area contributed by atoms with Crippen LogP contribution in [0, 0.1) is 5.92 Å². The van der Waals surface area contributed by atoms with Gasteiger partial charge in [-0.1, -0.05) is 30.3 Å². The van der Waals surface area contributed by atoms with Crippen molar-refractivity contribution in [1.29, 1.82) is 0 Å². The number of piperidine rings is 1. The number of hydrogen-bond acceptors (Lipinski definition) is 3. The Bertz CT molecular complexity index is 473. The summed E-state index contributed by atoms with van der Waals surface area (Å²) < 4.78 is 0. The molecule has 2 fully saturated rings. The minimum absolute atomic E-state index is 0.0378. The predicted octanol–water partition coefficient (Wildman–Crippen LogP) is 2.55. The van der Waals surface area contributed by atoms with Crippen LogP contribution < -0.4 is 0 Å². The molecule has 4 unspecified atom stereocenters.